The maximum Gasteiger partial charge on any atom is 0.274 e. The molecule has 0 bridgehead atoms. The lowest BCUT2D eigenvalue weighted by Crippen LogP contribution is -3.15. The summed E-state index contributed by atoms with van der Waals surface area (Å²) in [6.45, 7) is 0. The molecule has 8 heteroatoms. The average Bonchev–Trinajstić information content (AvgIpc) is 3.78. The average molecular weight is 427 g/mol. The molecule has 0 spiro atoms. The molecule has 4 aliphatic rings. The lowest BCUT2D eigenvalue weighted by atomic mass is 10.1. The van der Waals surface area contributed by atoms with Crippen LogP contribution in [0, 0.1) is 0 Å². The Morgan fingerprint density at radius 2 is 2.00 bits per heavy atom. The number of dihydropyridines is 1. The van der Waals surface area contributed by atoms with E-state index >= 15 is 0 Å². The first-order chi connectivity index (χ1) is 15.7. The molecule has 6 rings (SSSR count). The van der Waals surface area contributed by atoms with Crippen LogP contribution in [0.15, 0.2) is 70.9 Å². The number of amidine groups is 1. The monoisotopic (exact) mass is 426 g/mol. The predicted octanol–water partition coefficient (Wildman–Crippen LogP) is 1.52. The minimum Gasteiger partial charge on any atom is -0.375 e. The molecule has 0 radical (unpaired) electrons. The Bertz CT molecular complexity index is 1170. The second-order valence-electron chi connectivity index (χ2n) is 8.69. The number of hydrogen-bond acceptors (Lipinski definition) is 6. The first kappa shape index (κ1) is 19.1. The predicted molar refractivity (Wildman–Crippen MR) is 121 cm³/mol. The Hall–Kier alpha value is -3.65. The SMILES string of the molecule is O=C(NC1=CC(C2=NN=C[NH+]2C2CC2)NC=C1)c1cc(-c2ccc(C3CC3)nc2)ccn1. The number of carbonyl (C=O) groups excluding carboxylic acids is 1. The van der Waals surface area contributed by atoms with Crippen LogP contribution in [0.2, 0.25) is 0 Å². The zero-order chi connectivity index (χ0) is 21.5. The molecule has 2 aromatic heterocycles. The largest absolute Gasteiger partial charge is 0.375 e. The number of rotatable bonds is 6. The highest BCUT2D eigenvalue weighted by Crippen LogP contribution is 2.39. The van der Waals surface area contributed by atoms with Crippen LogP contribution in [0.4, 0.5) is 0 Å². The van der Waals surface area contributed by atoms with Gasteiger partial charge in [0.15, 0.2) is 0 Å². The molecular weight excluding hydrogens is 402 g/mol. The molecule has 2 saturated carbocycles. The Labute approximate surface area is 185 Å². The van der Waals surface area contributed by atoms with Crippen molar-refractivity contribution in [1.82, 2.24) is 20.6 Å². The molecule has 1 amide bonds. The van der Waals surface area contributed by atoms with Crippen molar-refractivity contribution < 1.29 is 9.69 Å². The van der Waals surface area contributed by atoms with Crippen molar-refractivity contribution in [2.24, 2.45) is 10.2 Å². The number of allylic oxidation sites excluding steroid dienone is 1. The van der Waals surface area contributed by atoms with Crippen molar-refractivity contribution in [2.75, 3.05) is 0 Å². The van der Waals surface area contributed by atoms with Gasteiger partial charge in [-0.25, -0.2) is 4.90 Å². The summed E-state index contributed by atoms with van der Waals surface area (Å²) in [5, 5.41) is 14.7. The van der Waals surface area contributed by atoms with Gasteiger partial charge in [0, 0.05) is 48.1 Å². The van der Waals surface area contributed by atoms with E-state index in [1.165, 1.54) is 30.6 Å². The Morgan fingerprint density at radius 3 is 2.78 bits per heavy atom. The maximum absolute atomic E-state index is 12.9. The quantitative estimate of drug-likeness (QED) is 0.653. The first-order valence-electron chi connectivity index (χ1n) is 11.1. The van der Waals surface area contributed by atoms with Crippen molar-refractivity contribution in [1.29, 1.82) is 0 Å². The summed E-state index contributed by atoms with van der Waals surface area (Å²) < 4.78 is 0. The molecule has 0 saturated heterocycles. The lowest BCUT2D eigenvalue weighted by molar-refractivity contribution is -0.707. The number of hydrogen-bond donors (Lipinski definition) is 3. The van der Waals surface area contributed by atoms with Crippen molar-refractivity contribution in [3.05, 3.63) is 72.1 Å². The Kier molecular flexibility index (Phi) is 4.65. The van der Waals surface area contributed by atoms with Crippen molar-refractivity contribution in [3.8, 4) is 11.1 Å². The van der Waals surface area contributed by atoms with Crippen LogP contribution in [0.5, 0.6) is 0 Å². The minimum atomic E-state index is -0.248. The molecule has 2 aliphatic heterocycles. The van der Waals surface area contributed by atoms with Gasteiger partial charge >= 0.3 is 0 Å². The molecule has 2 atom stereocenters. The number of aromatic nitrogens is 2. The molecule has 4 heterocycles. The topological polar surface area (TPSA) is 96.1 Å². The van der Waals surface area contributed by atoms with Crippen LogP contribution in [-0.2, 0) is 0 Å². The van der Waals surface area contributed by atoms with E-state index in [-0.39, 0.29) is 11.9 Å². The van der Waals surface area contributed by atoms with Gasteiger partial charge in [-0.05, 0) is 55.0 Å². The van der Waals surface area contributed by atoms with E-state index in [1.807, 2.05) is 37.0 Å². The van der Waals surface area contributed by atoms with E-state index in [4.69, 9.17) is 0 Å². The van der Waals surface area contributed by atoms with Gasteiger partial charge in [0.2, 0.25) is 6.34 Å². The fourth-order valence-corrected chi connectivity index (χ4v) is 4.12. The van der Waals surface area contributed by atoms with Gasteiger partial charge in [-0.1, -0.05) is 16.3 Å². The summed E-state index contributed by atoms with van der Waals surface area (Å²) in [7, 11) is 0. The van der Waals surface area contributed by atoms with E-state index in [0.717, 1.165) is 22.7 Å². The maximum atomic E-state index is 12.9. The van der Waals surface area contributed by atoms with E-state index in [9.17, 15) is 4.79 Å². The van der Waals surface area contributed by atoms with Crippen LogP contribution >= 0.6 is 0 Å². The van der Waals surface area contributed by atoms with Gasteiger partial charge in [0.05, 0.1) is 6.04 Å². The smallest absolute Gasteiger partial charge is 0.274 e. The van der Waals surface area contributed by atoms with E-state index in [2.05, 4.69) is 42.9 Å². The third-order valence-electron chi connectivity index (χ3n) is 6.22. The summed E-state index contributed by atoms with van der Waals surface area (Å²) in [6.07, 6.45) is 15.9. The fraction of sp³-hybridized carbons (Fsp3) is 0.292. The van der Waals surface area contributed by atoms with Crippen LogP contribution in [0.1, 0.15) is 47.8 Å². The number of amides is 1. The summed E-state index contributed by atoms with van der Waals surface area (Å²) in [5.41, 5.74) is 4.14. The lowest BCUT2D eigenvalue weighted by Gasteiger charge is -2.21. The number of nitrogens with zero attached hydrogens (tertiary/aromatic N) is 4. The van der Waals surface area contributed by atoms with Gasteiger partial charge in [0.1, 0.15) is 11.7 Å². The molecule has 0 aromatic carbocycles. The third kappa shape index (κ3) is 3.85. The normalized spacial score (nSPS) is 24.0. The molecule has 2 fully saturated rings. The van der Waals surface area contributed by atoms with Gasteiger partial charge in [-0.2, -0.15) is 0 Å². The molecule has 2 aromatic rings. The molecule has 32 heavy (non-hydrogen) atoms. The highest BCUT2D eigenvalue weighted by Gasteiger charge is 2.41. The van der Waals surface area contributed by atoms with E-state index in [0.29, 0.717) is 23.4 Å². The molecule has 2 aliphatic carbocycles. The second kappa shape index (κ2) is 7.80. The molecule has 8 nitrogen and oxygen atoms in total. The summed E-state index contributed by atoms with van der Waals surface area (Å²) >= 11 is 0. The van der Waals surface area contributed by atoms with Gasteiger partial charge < -0.3 is 10.6 Å². The van der Waals surface area contributed by atoms with Crippen molar-refractivity contribution in [2.45, 2.75) is 43.7 Å². The highest BCUT2D eigenvalue weighted by molar-refractivity contribution is 5.95. The number of carbonyl (C=O) groups is 1. The Morgan fingerprint density at radius 1 is 1.09 bits per heavy atom. The minimum absolute atomic E-state index is 0.108. The number of nitrogens with one attached hydrogen (secondary N) is 3. The van der Waals surface area contributed by atoms with Crippen molar-refractivity contribution >= 4 is 18.1 Å². The van der Waals surface area contributed by atoms with Crippen LogP contribution in [0.25, 0.3) is 11.1 Å². The number of quaternary nitrogens is 1. The Balaban J connectivity index is 1.16. The third-order valence-corrected chi connectivity index (χ3v) is 6.22. The molecule has 160 valence electrons. The number of pyridine rings is 2. The summed E-state index contributed by atoms with van der Waals surface area (Å²) in [6, 6.07) is 8.32. The summed E-state index contributed by atoms with van der Waals surface area (Å²) in [4.78, 5) is 23.0. The van der Waals surface area contributed by atoms with Crippen LogP contribution < -0.4 is 15.5 Å². The van der Waals surface area contributed by atoms with Gasteiger partial charge in [-0.15, -0.1) is 0 Å². The summed E-state index contributed by atoms with van der Waals surface area (Å²) in [5.74, 6) is 1.31. The van der Waals surface area contributed by atoms with Crippen molar-refractivity contribution in [3.63, 3.8) is 0 Å². The first-order valence-corrected chi connectivity index (χ1v) is 11.1. The van der Waals surface area contributed by atoms with E-state index < -0.39 is 0 Å². The zero-order valence-corrected chi connectivity index (χ0v) is 17.5. The van der Waals surface area contributed by atoms with Crippen LogP contribution in [-0.4, -0.2) is 40.1 Å². The molecule has 2 unspecified atom stereocenters. The van der Waals surface area contributed by atoms with Gasteiger partial charge in [-0.3, -0.25) is 14.8 Å². The van der Waals surface area contributed by atoms with E-state index in [1.54, 1.807) is 12.3 Å². The second-order valence-corrected chi connectivity index (χ2v) is 8.69. The highest BCUT2D eigenvalue weighted by atomic mass is 16.1. The molecule has 3 N–H and O–H groups in total. The molecular formula is C24H24N7O+. The van der Waals surface area contributed by atoms with Gasteiger partial charge in [0.25, 0.3) is 11.7 Å². The fourth-order valence-electron chi connectivity index (χ4n) is 4.12. The standard InChI is InChI=1S/C24H23N7O/c32-24(22-11-16(7-9-26-22)17-3-6-20(27-13-17)15-1-2-15)29-18-8-10-25-21(12-18)23-30-28-14-31(23)19-4-5-19/h3,6-15,19,21,25H,1-2,4-5H2,(H,29,32)/p+1. The zero-order valence-electron chi connectivity index (χ0n) is 17.5. The van der Waals surface area contributed by atoms with Crippen LogP contribution in [0.3, 0.4) is 0 Å².